The average molecular weight is 383 g/mol. The van der Waals surface area contributed by atoms with E-state index in [4.69, 9.17) is 5.73 Å². The smallest absolute Gasteiger partial charge is 0.253 e. The summed E-state index contributed by atoms with van der Waals surface area (Å²) < 4.78 is 0. The van der Waals surface area contributed by atoms with Gasteiger partial charge in [0.05, 0.1) is 11.3 Å². The first-order valence-corrected chi connectivity index (χ1v) is 10.2. The highest BCUT2D eigenvalue weighted by molar-refractivity contribution is 6.01. The largest absolute Gasteiger partial charge is 0.404 e. The van der Waals surface area contributed by atoms with Crippen molar-refractivity contribution >= 4 is 17.6 Å². The van der Waals surface area contributed by atoms with Crippen LogP contribution in [0, 0.1) is 0 Å². The summed E-state index contributed by atoms with van der Waals surface area (Å²) in [6, 6.07) is 10.2. The molecule has 0 atom stereocenters. The lowest BCUT2D eigenvalue weighted by Gasteiger charge is -2.23. The Morgan fingerprint density at radius 3 is 2.69 bits per heavy atom. The topological polar surface area (TPSA) is 70.9 Å². The molecule has 4 nitrogen and oxygen atoms in total. The molecular formula is C25H25N3O. The van der Waals surface area contributed by atoms with Gasteiger partial charge in [0.25, 0.3) is 5.91 Å². The summed E-state index contributed by atoms with van der Waals surface area (Å²) in [6.45, 7) is 4.96. The lowest BCUT2D eigenvalue weighted by molar-refractivity contribution is 0.0936. The Hall–Kier alpha value is -3.27. The maximum Gasteiger partial charge on any atom is 0.253 e. The zero-order valence-corrected chi connectivity index (χ0v) is 16.4. The molecule has 2 aromatic rings. The number of nitrogens with two attached hydrogens (primary N) is 1. The minimum atomic E-state index is 0.0531. The number of fused-ring (bicyclic) bond motifs is 4. The third kappa shape index (κ3) is 2.96. The Kier molecular flexibility index (Phi) is 4.09. The molecule has 0 saturated heterocycles. The molecule has 4 heteroatoms. The molecule has 2 aliphatic carbocycles. The predicted molar refractivity (Wildman–Crippen MR) is 117 cm³/mol. The number of aromatic amines is 1. The highest BCUT2D eigenvalue weighted by Crippen LogP contribution is 2.52. The van der Waals surface area contributed by atoms with Crippen molar-refractivity contribution in [1.29, 1.82) is 0 Å². The van der Waals surface area contributed by atoms with E-state index in [1.165, 1.54) is 0 Å². The van der Waals surface area contributed by atoms with Gasteiger partial charge in [0, 0.05) is 23.2 Å². The van der Waals surface area contributed by atoms with Crippen LogP contribution in [0.2, 0.25) is 0 Å². The van der Waals surface area contributed by atoms with Crippen LogP contribution in [0.4, 0.5) is 0 Å². The summed E-state index contributed by atoms with van der Waals surface area (Å²) in [5, 5.41) is 3.10. The molecular weight excluding hydrogens is 358 g/mol. The molecule has 5 rings (SSSR count). The molecule has 1 fully saturated rings. The Labute approximate surface area is 170 Å². The van der Waals surface area contributed by atoms with Gasteiger partial charge < -0.3 is 16.0 Å². The summed E-state index contributed by atoms with van der Waals surface area (Å²) in [4.78, 5) is 16.3. The van der Waals surface area contributed by atoms with Crippen molar-refractivity contribution in [2.24, 2.45) is 5.73 Å². The van der Waals surface area contributed by atoms with Crippen molar-refractivity contribution in [3.8, 4) is 0 Å². The first-order valence-electron chi connectivity index (χ1n) is 10.2. The zero-order valence-electron chi connectivity index (χ0n) is 16.4. The summed E-state index contributed by atoms with van der Waals surface area (Å²) >= 11 is 0. The monoisotopic (exact) mass is 383 g/mol. The first-order chi connectivity index (χ1) is 14.1. The highest BCUT2D eigenvalue weighted by Gasteiger charge is 2.51. The summed E-state index contributed by atoms with van der Waals surface area (Å²) in [5.74, 6) is 0.0531. The SMILES string of the molecule is C=C(C=C1/C(=C\N)CCc2c1[nH]c1c2C(=O)NCC12CC2)/C=C/c1ccccc1. The number of H-pyrrole nitrogens is 1. The van der Waals surface area contributed by atoms with Crippen molar-refractivity contribution in [1.82, 2.24) is 10.3 Å². The van der Waals surface area contributed by atoms with E-state index >= 15 is 0 Å². The van der Waals surface area contributed by atoms with E-state index in [0.717, 1.165) is 77.0 Å². The number of allylic oxidation sites excluding steroid dienone is 5. The van der Waals surface area contributed by atoms with Crippen molar-refractivity contribution < 1.29 is 4.79 Å². The Morgan fingerprint density at radius 1 is 1.17 bits per heavy atom. The number of carbonyl (C=O) groups excluding carboxylic acids is 1. The second-order valence-electron chi connectivity index (χ2n) is 8.26. The third-order valence-electron chi connectivity index (χ3n) is 6.38. The molecule has 0 unspecified atom stereocenters. The van der Waals surface area contributed by atoms with Gasteiger partial charge in [0.1, 0.15) is 0 Å². The van der Waals surface area contributed by atoms with Gasteiger partial charge in [0.15, 0.2) is 0 Å². The fraction of sp³-hybridized carbons (Fsp3) is 0.240. The molecule has 1 spiro atoms. The number of carbonyl (C=O) groups is 1. The Balaban J connectivity index is 1.55. The van der Waals surface area contributed by atoms with Gasteiger partial charge in [0.2, 0.25) is 0 Å². The molecule has 29 heavy (non-hydrogen) atoms. The molecule has 1 aromatic heterocycles. The fourth-order valence-corrected chi connectivity index (χ4v) is 4.56. The van der Waals surface area contributed by atoms with Crippen LogP contribution in [0.3, 0.4) is 0 Å². The highest BCUT2D eigenvalue weighted by atomic mass is 16.1. The fourth-order valence-electron chi connectivity index (χ4n) is 4.56. The number of benzene rings is 1. The van der Waals surface area contributed by atoms with Gasteiger partial charge in [-0.25, -0.2) is 0 Å². The molecule has 1 aliphatic heterocycles. The number of hydrogen-bond acceptors (Lipinski definition) is 2. The van der Waals surface area contributed by atoms with E-state index in [1.54, 1.807) is 6.20 Å². The normalized spacial score (nSPS) is 22.0. The van der Waals surface area contributed by atoms with E-state index in [9.17, 15) is 4.79 Å². The molecule has 4 N–H and O–H groups in total. The molecule has 1 aromatic carbocycles. The van der Waals surface area contributed by atoms with Crippen LogP contribution in [-0.2, 0) is 11.8 Å². The minimum Gasteiger partial charge on any atom is -0.404 e. The minimum absolute atomic E-state index is 0.0531. The van der Waals surface area contributed by atoms with E-state index in [2.05, 4.69) is 41.2 Å². The average Bonchev–Trinajstić information content (AvgIpc) is 3.41. The number of nitrogens with one attached hydrogen (secondary N) is 2. The number of aromatic nitrogens is 1. The summed E-state index contributed by atoms with van der Waals surface area (Å²) in [6.07, 6.45) is 11.8. The molecule has 1 amide bonds. The number of hydrogen-bond donors (Lipinski definition) is 3. The second-order valence-corrected chi connectivity index (χ2v) is 8.26. The van der Waals surface area contributed by atoms with Crippen LogP contribution in [0.25, 0.3) is 11.6 Å². The molecule has 2 heterocycles. The van der Waals surface area contributed by atoms with Gasteiger partial charge in [-0.1, -0.05) is 49.1 Å². The van der Waals surface area contributed by atoms with Gasteiger partial charge in [-0.05, 0) is 60.2 Å². The van der Waals surface area contributed by atoms with Gasteiger partial charge >= 0.3 is 0 Å². The molecule has 0 radical (unpaired) electrons. The predicted octanol–water partition coefficient (Wildman–Crippen LogP) is 4.23. The molecule has 3 aliphatic rings. The second kappa shape index (κ2) is 6.66. The van der Waals surface area contributed by atoms with Gasteiger partial charge in [-0.3, -0.25) is 4.79 Å². The van der Waals surface area contributed by atoms with Crippen LogP contribution in [0.15, 0.2) is 66.4 Å². The van der Waals surface area contributed by atoms with Crippen LogP contribution in [-0.4, -0.2) is 17.4 Å². The summed E-state index contributed by atoms with van der Waals surface area (Å²) in [7, 11) is 0. The van der Waals surface area contributed by atoms with Crippen molar-refractivity contribution in [3.63, 3.8) is 0 Å². The first kappa shape index (κ1) is 17.8. The molecule has 0 bridgehead atoms. The maximum atomic E-state index is 12.7. The molecule has 146 valence electrons. The summed E-state index contributed by atoms with van der Waals surface area (Å²) in [5.41, 5.74) is 14.4. The van der Waals surface area contributed by atoms with Crippen LogP contribution in [0.1, 0.15) is 52.1 Å². The lowest BCUT2D eigenvalue weighted by Crippen LogP contribution is -2.39. The third-order valence-corrected chi connectivity index (χ3v) is 6.38. The quantitative estimate of drug-likeness (QED) is 0.694. The van der Waals surface area contributed by atoms with E-state index in [-0.39, 0.29) is 11.3 Å². The molecule has 1 saturated carbocycles. The van der Waals surface area contributed by atoms with Gasteiger partial charge in [-0.2, -0.15) is 0 Å². The number of amides is 1. The van der Waals surface area contributed by atoms with Crippen LogP contribution in [0.5, 0.6) is 0 Å². The zero-order chi connectivity index (χ0) is 20.0. The standard InChI is InChI=1S/C25H25N3O/c1-16(7-8-17-5-3-2-4-6-17)13-20-18(14-26)9-10-19-21-23(28-22(19)20)25(11-12-25)15-27-24(21)29/h2-8,13-14,28H,1,9-12,15,26H2,(H,27,29)/b8-7+,18-14-,20-13?. The van der Waals surface area contributed by atoms with Crippen molar-refractivity contribution in [3.05, 3.63) is 94.5 Å². The van der Waals surface area contributed by atoms with E-state index in [0.29, 0.717) is 0 Å². The van der Waals surface area contributed by atoms with E-state index in [1.807, 2.05) is 24.3 Å². The maximum absolute atomic E-state index is 12.7. The lowest BCUT2D eigenvalue weighted by atomic mass is 9.84. The van der Waals surface area contributed by atoms with E-state index < -0.39 is 0 Å². The van der Waals surface area contributed by atoms with Crippen LogP contribution < -0.4 is 11.1 Å². The van der Waals surface area contributed by atoms with Gasteiger partial charge in [-0.15, -0.1) is 0 Å². The number of rotatable bonds is 3. The van der Waals surface area contributed by atoms with Crippen molar-refractivity contribution in [2.45, 2.75) is 31.1 Å². The van der Waals surface area contributed by atoms with Crippen molar-refractivity contribution in [2.75, 3.05) is 6.54 Å². The van der Waals surface area contributed by atoms with Crippen LogP contribution >= 0.6 is 0 Å². The Bertz CT molecular complexity index is 1090. The Morgan fingerprint density at radius 2 is 1.97 bits per heavy atom.